The molecular weight excluding hydrogens is 172 g/mol. The Bertz CT molecular complexity index is 243. The van der Waals surface area contributed by atoms with Crippen molar-refractivity contribution in [3.05, 3.63) is 36.0 Å². The molecule has 0 aromatic carbocycles. The molecule has 1 heterocycles. The van der Waals surface area contributed by atoms with E-state index in [9.17, 15) is 0 Å². The Morgan fingerprint density at radius 1 is 1.50 bits per heavy atom. The van der Waals surface area contributed by atoms with Gasteiger partial charge in [0.05, 0.1) is 0 Å². The summed E-state index contributed by atoms with van der Waals surface area (Å²) in [6.07, 6.45) is 1.75. The van der Waals surface area contributed by atoms with Gasteiger partial charge in [-0.25, -0.2) is 4.98 Å². The first-order chi connectivity index (χ1) is 5.61. The predicted molar refractivity (Wildman–Crippen MR) is 51.0 cm³/mol. The zero-order valence-electron chi connectivity index (χ0n) is 7.29. The van der Waals surface area contributed by atoms with E-state index in [1.807, 2.05) is 25.1 Å². The summed E-state index contributed by atoms with van der Waals surface area (Å²) in [5, 5.41) is 0.518. The van der Waals surface area contributed by atoms with Crippen molar-refractivity contribution in [1.29, 1.82) is 0 Å². The molecule has 1 aromatic rings. The predicted octanol–water partition coefficient (Wildman–Crippen LogP) is 2.17. The normalized spacial score (nSPS) is 13.4. The van der Waals surface area contributed by atoms with Crippen LogP contribution < -0.4 is 0 Å². The molecule has 0 aliphatic heterocycles. The molecule has 65 valence electrons. The zero-order chi connectivity index (χ0) is 9.14. The summed E-state index contributed by atoms with van der Waals surface area (Å²) < 4.78 is 0. The van der Waals surface area contributed by atoms with Gasteiger partial charge in [-0.15, -0.1) is 0 Å². The topological polar surface area (TPSA) is 16.1 Å². The molecule has 1 atom stereocenters. The van der Waals surface area contributed by atoms with Gasteiger partial charge in [-0.3, -0.25) is 0 Å². The Morgan fingerprint density at radius 3 is 2.58 bits per heavy atom. The zero-order valence-corrected chi connectivity index (χ0v) is 8.04. The minimum absolute atomic E-state index is 0.134. The third-order valence-electron chi connectivity index (χ3n) is 1.76. The quantitative estimate of drug-likeness (QED) is 0.654. The van der Waals surface area contributed by atoms with Gasteiger partial charge in [-0.05, 0) is 32.6 Å². The van der Waals surface area contributed by atoms with Crippen LogP contribution in [0.2, 0.25) is 5.15 Å². The second kappa shape index (κ2) is 3.87. The monoisotopic (exact) mass is 183 g/mol. The molecule has 1 rings (SSSR count). The maximum absolute atomic E-state index is 5.65. The van der Waals surface area contributed by atoms with Crippen molar-refractivity contribution in [1.82, 2.24) is 9.88 Å². The van der Waals surface area contributed by atoms with Crippen LogP contribution in [0, 0.1) is 6.92 Å². The molecule has 2 nitrogen and oxygen atoms in total. The van der Waals surface area contributed by atoms with Crippen molar-refractivity contribution in [2.45, 2.75) is 6.04 Å². The molecule has 0 saturated heterocycles. The molecule has 0 amide bonds. The minimum atomic E-state index is 0.134. The summed E-state index contributed by atoms with van der Waals surface area (Å²) in [6.45, 7) is 3.98. The average molecular weight is 184 g/mol. The fraction of sp³-hybridized carbons (Fsp3) is 0.333. The second-order valence-corrected chi connectivity index (χ2v) is 3.28. The maximum atomic E-state index is 5.65. The lowest BCUT2D eigenvalue weighted by Crippen LogP contribution is -2.16. The van der Waals surface area contributed by atoms with Gasteiger partial charge < -0.3 is 4.90 Å². The first kappa shape index (κ1) is 9.49. The van der Waals surface area contributed by atoms with E-state index in [0.29, 0.717) is 5.15 Å². The summed E-state index contributed by atoms with van der Waals surface area (Å²) in [5.74, 6) is 0. The number of hydrogen-bond donors (Lipinski definition) is 0. The van der Waals surface area contributed by atoms with Crippen molar-refractivity contribution in [3.8, 4) is 0 Å². The highest BCUT2D eigenvalue weighted by Gasteiger charge is 2.06. The smallest absolute Gasteiger partial charge is 0.129 e. The average Bonchev–Trinajstić information content (AvgIpc) is 2.04. The molecule has 1 unspecified atom stereocenters. The molecule has 1 aromatic heterocycles. The summed E-state index contributed by atoms with van der Waals surface area (Å²) in [6, 6.07) is 3.85. The fourth-order valence-electron chi connectivity index (χ4n) is 0.883. The van der Waals surface area contributed by atoms with E-state index in [-0.39, 0.29) is 6.04 Å². The number of pyridine rings is 1. The summed E-state index contributed by atoms with van der Waals surface area (Å²) in [7, 11) is 3.96. The lowest BCUT2D eigenvalue weighted by Gasteiger charge is -2.19. The van der Waals surface area contributed by atoms with Gasteiger partial charge in [0.2, 0.25) is 0 Å². The highest BCUT2D eigenvalue weighted by atomic mass is 35.5. The second-order valence-electron chi connectivity index (χ2n) is 2.89. The Kier molecular flexibility index (Phi) is 3.06. The molecular formula is C9H12ClN2. The van der Waals surface area contributed by atoms with E-state index in [1.54, 1.807) is 12.3 Å². The van der Waals surface area contributed by atoms with E-state index in [1.165, 1.54) is 0 Å². The van der Waals surface area contributed by atoms with E-state index < -0.39 is 0 Å². The molecule has 3 heteroatoms. The van der Waals surface area contributed by atoms with Crippen molar-refractivity contribution >= 4 is 11.6 Å². The van der Waals surface area contributed by atoms with Crippen LogP contribution in [-0.4, -0.2) is 24.0 Å². The summed E-state index contributed by atoms with van der Waals surface area (Å²) >= 11 is 5.65. The van der Waals surface area contributed by atoms with Crippen LogP contribution in [0.1, 0.15) is 11.6 Å². The van der Waals surface area contributed by atoms with E-state index in [2.05, 4.69) is 11.9 Å². The van der Waals surface area contributed by atoms with Gasteiger partial charge in [0.25, 0.3) is 0 Å². The Labute approximate surface area is 78.2 Å². The maximum Gasteiger partial charge on any atom is 0.129 e. The number of rotatable bonds is 2. The summed E-state index contributed by atoms with van der Waals surface area (Å²) in [4.78, 5) is 6.00. The molecule has 12 heavy (non-hydrogen) atoms. The van der Waals surface area contributed by atoms with Gasteiger partial charge in [0.15, 0.2) is 0 Å². The highest BCUT2D eigenvalue weighted by molar-refractivity contribution is 6.29. The third-order valence-corrected chi connectivity index (χ3v) is 1.98. The van der Waals surface area contributed by atoms with E-state index in [0.717, 1.165) is 5.56 Å². The molecule has 0 N–H and O–H groups in total. The first-order valence-corrected chi connectivity index (χ1v) is 4.10. The molecule has 1 radical (unpaired) electrons. The van der Waals surface area contributed by atoms with Crippen molar-refractivity contribution in [2.24, 2.45) is 0 Å². The van der Waals surface area contributed by atoms with Crippen LogP contribution in [0.4, 0.5) is 0 Å². The number of nitrogens with zero attached hydrogens (tertiary/aromatic N) is 2. The highest BCUT2D eigenvalue weighted by Crippen LogP contribution is 2.16. The molecule has 0 aliphatic rings. The fourth-order valence-corrected chi connectivity index (χ4v) is 0.994. The van der Waals surface area contributed by atoms with Crippen molar-refractivity contribution < 1.29 is 0 Å². The lowest BCUT2D eigenvalue weighted by molar-refractivity contribution is 0.348. The summed E-state index contributed by atoms with van der Waals surface area (Å²) in [5.41, 5.74) is 1.07. The first-order valence-electron chi connectivity index (χ1n) is 3.72. The minimum Gasteiger partial charge on any atom is -0.302 e. The number of hydrogen-bond acceptors (Lipinski definition) is 2. The van der Waals surface area contributed by atoms with E-state index >= 15 is 0 Å². The van der Waals surface area contributed by atoms with Crippen LogP contribution in [0.3, 0.4) is 0 Å². The Morgan fingerprint density at radius 2 is 2.17 bits per heavy atom. The van der Waals surface area contributed by atoms with Gasteiger partial charge in [-0.2, -0.15) is 0 Å². The van der Waals surface area contributed by atoms with Crippen LogP contribution in [0.15, 0.2) is 18.3 Å². The van der Waals surface area contributed by atoms with Crippen molar-refractivity contribution in [3.63, 3.8) is 0 Å². The SMILES string of the molecule is [CH2]C(c1ccc(Cl)nc1)N(C)C. The molecule has 0 bridgehead atoms. The van der Waals surface area contributed by atoms with Crippen LogP contribution in [-0.2, 0) is 0 Å². The third kappa shape index (κ3) is 2.19. The number of halogens is 1. The van der Waals surface area contributed by atoms with Crippen LogP contribution in [0.25, 0.3) is 0 Å². The van der Waals surface area contributed by atoms with Gasteiger partial charge in [0, 0.05) is 12.2 Å². The molecule has 0 saturated carbocycles. The Hall–Kier alpha value is -0.600. The van der Waals surface area contributed by atoms with Crippen molar-refractivity contribution in [2.75, 3.05) is 14.1 Å². The molecule has 0 aliphatic carbocycles. The van der Waals surface area contributed by atoms with Gasteiger partial charge >= 0.3 is 0 Å². The number of aromatic nitrogens is 1. The van der Waals surface area contributed by atoms with Crippen LogP contribution in [0.5, 0.6) is 0 Å². The molecule has 0 fully saturated rings. The largest absolute Gasteiger partial charge is 0.302 e. The van der Waals surface area contributed by atoms with Gasteiger partial charge in [-0.1, -0.05) is 17.7 Å². The Balaban J connectivity index is 2.82. The molecule has 0 spiro atoms. The standard InChI is InChI=1S/C9H12ClN2/c1-7(12(2)3)8-4-5-9(10)11-6-8/h4-7H,1H2,2-3H3. The van der Waals surface area contributed by atoms with E-state index in [4.69, 9.17) is 11.6 Å². The lowest BCUT2D eigenvalue weighted by atomic mass is 10.1. The van der Waals surface area contributed by atoms with Crippen LogP contribution >= 0.6 is 11.6 Å². The van der Waals surface area contributed by atoms with Gasteiger partial charge in [0.1, 0.15) is 5.15 Å².